The van der Waals surface area contributed by atoms with Crippen LogP contribution in [-0.2, 0) is 27.1 Å². The van der Waals surface area contributed by atoms with Gasteiger partial charge in [-0.05, 0) is 49.6 Å². The zero-order chi connectivity index (χ0) is 29.3. The molecular formula is C25H29F3N6O5. The normalized spacial score (nSPS) is 11.9. The van der Waals surface area contributed by atoms with Gasteiger partial charge >= 0.3 is 12.1 Å². The Morgan fingerprint density at radius 3 is 2.26 bits per heavy atom. The molecule has 2 amide bonds. The highest BCUT2D eigenvalue weighted by molar-refractivity contribution is 6.08. The lowest BCUT2D eigenvalue weighted by molar-refractivity contribution is -0.139. The number of hydrazine groups is 1. The maximum absolute atomic E-state index is 13.2. The molecule has 14 heteroatoms. The van der Waals surface area contributed by atoms with Crippen LogP contribution in [0.1, 0.15) is 47.7 Å². The average molecular weight is 551 g/mol. The van der Waals surface area contributed by atoms with Crippen molar-refractivity contribution >= 4 is 35.2 Å². The van der Waals surface area contributed by atoms with Crippen molar-refractivity contribution in [1.82, 2.24) is 10.3 Å². The van der Waals surface area contributed by atoms with E-state index in [2.05, 4.69) is 5.43 Å². The van der Waals surface area contributed by atoms with Gasteiger partial charge in [-0.3, -0.25) is 29.5 Å². The molecule has 0 heterocycles. The second kappa shape index (κ2) is 13.5. The van der Waals surface area contributed by atoms with Gasteiger partial charge in [0.1, 0.15) is 12.5 Å². The third-order valence-corrected chi connectivity index (χ3v) is 5.59. The molecule has 0 spiro atoms. The highest BCUT2D eigenvalue weighted by atomic mass is 19.4. The molecule has 0 aliphatic heterocycles. The average Bonchev–Trinajstić information content (AvgIpc) is 2.86. The molecule has 210 valence electrons. The maximum atomic E-state index is 13.2. The number of nitrogens with two attached hydrogens (primary N) is 2. The van der Waals surface area contributed by atoms with Crippen LogP contribution in [0.4, 0.5) is 18.9 Å². The van der Waals surface area contributed by atoms with Gasteiger partial charge in [0.2, 0.25) is 5.91 Å². The molecule has 39 heavy (non-hydrogen) atoms. The van der Waals surface area contributed by atoms with E-state index in [9.17, 15) is 32.3 Å². The number of benzene rings is 2. The molecule has 1 unspecified atom stereocenters. The van der Waals surface area contributed by atoms with E-state index >= 15 is 0 Å². The summed E-state index contributed by atoms with van der Waals surface area (Å²) in [5.74, 6) is -3.82. The minimum Gasteiger partial charge on any atom is -0.480 e. The number of aliphatic carboxylic acids is 1. The zero-order valence-corrected chi connectivity index (χ0v) is 21.0. The summed E-state index contributed by atoms with van der Waals surface area (Å²) in [4.78, 5) is 49.6. The van der Waals surface area contributed by atoms with Crippen LogP contribution in [0.5, 0.6) is 0 Å². The van der Waals surface area contributed by atoms with E-state index in [1.165, 1.54) is 43.3 Å². The predicted octanol–water partition coefficient (Wildman–Crippen LogP) is 2.25. The van der Waals surface area contributed by atoms with Crippen molar-refractivity contribution in [3.63, 3.8) is 0 Å². The molecule has 2 aromatic carbocycles. The highest BCUT2D eigenvalue weighted by Gasteiger charge is 2.30. The predicted molar refractivity (Wildman–Crippen MR) is 135 cm³/mol. The zero-order valence-electron chi connectivity index (χ0n) is 21.0. The Kier molecular flexibility index (Phi) is 10.7. The van der Waals surface area contributed by atoms with Gasteiger partial charge in [-0.2, -0.15) is 13.2 Å². The minimum absolute atomic E-state index is 0.00100. The van der Waals surface area contributed by atoms with Crippen molar-refractivity contribution in [2.45, 2.75) is 44.9 Å². The Labute approximate surface area is 222 Å². The molecule has 0 saturated heterocycles. The summed E-state index contributed by atoms with van der Waals surface area (Å²) in [5.41, 5.74) is 13.7. The number of hydrogen-bond donors (Lipinski definition) is 5. The van der Waals surface area contributed by atoms with Crippen LogP contribution >= 0.6 is 0 Å². The van der Waals surface area contributed by atoms with Gasteiger partial charge in [-0.25, -0.2) is 10.4 Å². The quantitative estimate of drug-likeness (QED) is 0.0876. The Balaban J connectivity index is 2.22. The molecule has 0 aliphatic carbocycles. The van der Waals surface area contributed by atoms with Crippen molar-refractivity contribution < 1.29 is 37.5 Å². The highest BCUT2D eigenvalue weighted by Crippen LogP contribution is 2.29. The number of carbonyl (C=O) groups excluding carboxylic acids is 3. The van der Waals surface area contributed by atoms with Crippen LogP contribution in [0.15, 0.2) is 48.5 Å². The molecule has 0 radical (unpaired) electrons. The molecule has 0 aromatic heterocycles. The number of ketones is 1. The third kappa shape index (κ3) is 9.19. The summed E-state index contributed by atoms with van der Waals surface area (Å²) in [7, 11) is 0. The van der Waals surface area contributed by atoms with Crippen molar-refractivity contribution in [3.05, 3.63) is 65.2 Å². The second-order valence-corrected chi connectivity index (χ2v) is 8.56. The number of amides is 2. The number of carboxylic acid groups (broad SMARTS) is 1. The first-order valence-corrected chi connectivity index (χ1v) is 11.7. The topological polar surface area (TPSA) is 183 Å². The van der Waals surface area contributed by atoms with Crippen molar-refractivity contribution in [2.75, 3.05) is 11.6 Å². The number of carboxylic acids is 1. The van der Waals surface area contributed by atoms with Gasteiger partial charge in [-0.1, -0.05) is 24.3 Å². The van der Waals surface area contributed by atoms with E-state index in [1.54, 1.807) is 0 Å². The maximum Gasteiger partial charge on any atom is 0.416 e. The number of halogens is 3. The Bertz CT molecular complexity index is 1220. The SMILES string of the molecule is CC(=O)c1cccc(N(NCc2ccc(C(F)(F)F)cc2)C(=O)CC(=O)N(CCCC(N)C(=O)O)C(=N)N)c1. The van der Waals surface area contributed by atoms with Crippen molar-refractivity contribution in [3.8, 4) is 0 Å². The monoisotopic (exact) mass is 550 g/mol. The third-order valence-electron chi connectivity index (χ3n) is 5.59. The smallest absolute Gasteiger partial charge is 0.416 e. The number of nitrogens with one attached hydrogen (secondary N) is 2. The molecule has 0 bridgehead atoms. The fourth-order valence-corrected chi connectivity index (χ4v) is 3.45. The van der Waals surface area contributed by atoms with E-state index in [1.807, 2.05) is 0 Å². The van der Waals surface area contributed by atoms with E-state index in [4.69, 9.17) is 22.0 Å². The molecule has 7 N–H and O–H groups in total. The van der Waals surface area contributed by atoms with E-state index in [-0.39, 0.29) is 43.0 Å². The van der Waals surface area contributed by atoms with Crippen LogP contribution in [0.2, 0.25) is 0 Å². The Morgan fingerprint density at radius 2 is 1.72 bits per heavy atom. The lowest BCUT2D eigenvalue weighted by atomic mass is 10.1. The largest absolute Gasteiger partial charge is 0.480 e. The van der Waals surface area contributed by atoms with Crippen LogP contribution in [0.3, 0.4) is 0 Å². The lowest BCUT2D eigenvalue weighted by Crippen LogP contribution is -2.48. The first-order chi connectivity index (χ1) is 18.2. The number of carbonyl (C=O) groups is 4. The van der Waals surface area contributed by atoms with E-state index in [0.29, 0.717) is 5.56 Å². The van der Waals surface area contributed by atoms with Crippen LogP contribution in [-0.4, -0.2) is 52.1 Å². The number of hydrogen-bond acceptors (Lipinski definition) is 7. The van der Waals surface area contributed by atoms with Gasteiger partial charge in [0, 0.05) is 18.7 Å². The standard InChI is InChI=1S/C25H29F3N6O5/c1-15(35)17-4-2-5-19(12-17)34(32-14-16-7-9-18(10-8-16)25(26,27)28)22(37)13-21(36)33(24(30)31)11-3-6-20(29)23(38)39/h2,4-5,7-10,12,20,32H,3,6,11,13-14,29H2,1H3,(H3,30,31)(H,38,39). The van der Waals surface area contributed by atoms with Gasteiger partial charge in [-0.15, -0.1) is 0 Å². The summed E-state index contributed by atoms with van der Waals surface area (Å²) in [6.07, 6.45) is -5.18. The number of guanidine groups is 1. The minimum atomic E-state index is -4.51. The number of rotatable bonds is 12. The number of alkyl halides is 3. The van der Waals surface area contributed by atoms with Crippen LogP contribution in [0.25, 0.3) is 0 Å². The molecule has 11 nitrogen and oxygen atoms in total. The molecule has 0 aliphatic rings. The van der Waals surface area contributed by atoms with Gasteiger partial charge < -0.3 is 16.6 Å². The van der Waals surface area contributed by atoms with E-state index < -0.39 is 47.9 Å². The van der Waals surface area contributed by atoms with Crippen LogP contribution in [0, 0.1) is 5.41 Å². The van der Waals surface area contributed by atoms with E-state index in [0.717, 1.165) is 22.0 Å². The molecular weight excluding hydrogens is 521 g/mol. The molecule has 2 aromatic rings. The first-order valence-electron chi connectivity index (χ1n) is 11.7. The van der Waals surface area contributed by atoms with Crippen molar-refractivity contribution in [1.29, 1.82) is 5.41 Å². The summed E-state index contributed by atoms with van der Waals surface area (Å²) in [6, 6.07) is 9.01. The summed E-state index contributed by atoms with van der Waals surface area (Å²) in [5, 5.41) is 17.6. The molecule has 2 rings (SSSR count). The molecule has 0 fully saturated rings. The summed E-state index contributed by atoms with van der Waals surface area (Å²) < 4.78 is 38.6. The van der Waals surface area contributed by atoms with Gasteiger partial charge in [0.05, 0.1) is 11.3 Å². The number of Topliss-reactive ketones (excluding diaryl/α,β-unsaturated/α-hetero) is 1. The summed E-state index contributed by atoms with van der Waals surface area (Å²) in [6.45, 7) is 1.07. The Hall–Kier alpha value is -4.30. The van der Waals surface area contributed by atoms with Gasteiger partial charge in [0.15, 0.2) is 11.7 Å². The molecule has 0 saturated carbocycles. The summed E-state index contributed by atoms with van der Waals surface area (Å²) >= 11 is 0. The fraction of sp³-hybridized carbons (Fsp3) is 0.320. The number of nitrogens with zero attached hydrogens (tertiary/aromatic N) is 2. The first kappa shape index (κ1) is 30.9. The Morgan fingerprint density at radius 1 is 1.08 bits per heavy atom. The van der Waals surface area contributed by atoms with Crippen LogP contribution < -0.4 is 21.9 Å². The second-order valence-electron chi connectivity index (χ2n) is 8.56. The molecule has 1 atom stereocenters. The fourth-order valence-electron chi connectivity index (χ4n) is 3.45. The number of anilines is 1. The van der Waals surface area contributed by atoms with Gasteiger partial charge in [0.25, 0.3) is 5.91 Å². The van der Waals surface area contributed by atoms with Crippen molar-refractivity contribution in [2.24, 2.45) is 11.5 Å². The lowest BCUT2D eigenvalue weighted by Gasteiger charge is -2.26.